The van der Waals surface area contributed by atoms with Crippen molar-refractivity contribution >= 4 is 23.2 Å². The molecule has 1 aromatic heterocycles. The molecule has 26 heavy (non-hydrogen) atoms. The Morgan fingerprint density at radius 2 is 1.73 bits per heavy atom. The van der Waals surface area contributed by atoms with Gasteiger partial charge >= 0.3 is 0 Å². The molecule has 130 valence electrons. The highest BCUT2D eigenvalue weighted by atomic mass is 35.5. The maximum Gasteiger partial charge on any atom is 0.163 e. The summed E-state index contributed by atoms with van der Waals surface area (Å²) in [6, 6.07) is 8.72. The first-order chi connectivity index (χ1) is 12.6. The zero-order valence-electron chi connectivity index (χ0n) is 13.5. The molecule has 3 heterocycles. The van der Waals surface area contributed by atoms with Crippen LogP contribution in [0, 0.1) is 0 Å². The Kier molecular flexibility index (Phi) is 4.55. The van der Waals surface area contributed by atoms with Gasteiger partial charge in [-0.1, -0.05) is 29.3 Å². The van der Waals surface area contributed by atoms with E-state index in [2.05, 4.69) is 19.9 Å². The highest BCUT2D eigenvalue weighted by Crippen LogP contribution is 2.30. The molecule has 1 unspecified atom stereocenters. The van der Waals surface area contributed by atoms with Crippen molar-refractivity contribution in [3.8, 4) is 11.5 Å². The van der Waals surface area contributed by atoms with Gasteiger partial charge in [0.1, 0.15) is 12.0 Å². The summed E-state index contributed by atoms with van der Waals surface area (Å²) >= 11 is 12.6. The Labute approximate surface area is 160 Å². The van der Waals surface area contributed by atoms with Gasteiger partial charge in [0, 0.05) is 28.0 Å². The second-order valence-corrected chi connectivity index (χ2v) is 6.58. The van der Waals surface area contributed by atoms with Crippen molar-refractivity contribution in [3.05, 3.63) is 82.2 Å². The van der Waals surface area contributed by atoms with E-state index in [1.54, 1.807) is 30.9 Å². The fraction of sp³-hybridized carbons (Fsp3) is 0.111. The van der Waals surface area contributed by atoms with Gasteiger partial charge in [-0.15, -0.1) is 0 Å². The lowest BCUT2D eigenvalue weighted by molar-refractivity contribution is 0.727. The normalized spacial score (nSPS) is 12.4. The number of halogens is 2. The Morgan fingerprint density at radius 1 is 1.00 bits per heavy atom. The zero-order valence-corrected chi connectivity index (χ0v) is 15.1. The molecule has 0 fully saturated rings. The van der Waals surface area contributed by atoms with Gasteiger partial charge < -0.3 is 10.3 Å². The minimum absolute atomic E-state index is 0.421. The van der Waals surface area contributed by atoms with Gasteiger partial charge in [0.2, 0.25) is 0 Å². The molecule has 0 saturated heterocycles. The van der Waals surface area contributed by atoms with Crippen LogP contribution in [0.3, 0.4) is 0 Å². The smallest absolute Gasteiger partial charge is 0.163 e. The van der Waals surface area contributed by atoms with Crippen LogP contribution < -0.4 is 5.73 Å². The fourth-order valence-corrected chi connectivity index (χ4v) is 3.34. The number of hydrogen-bond acceptors (Lipinski definition) is 5. The number of hydrogen-bond donors (Lipinski definition) is 1. The molecule has 0 bridgehead atoms. The summed E-state index contributed by atoms with van der Waals surface area (Å²) in [5.74, 6) is 0.676. The van der Waals surface area contributed by atoms with Crippen molar-refractivity contribution in [1.82, 2.24) is 24.5 Å². The summed E-state index contributed by atoms with van der Waals surface area (Å²) in [7, 11) is 0. The first-order valence-electron chi connectivity index (χ1n) is 7.89. The van der Waals surface area contributed by atoms with Crippen LogP contribution in [0.4, 0.5) is 0 Å². The van der Waals surface area contributed by atoms with E-state index in [1.807, 2.05) is 22.8 Å². The summed E-state index contributed by atoms with van der Waals surface area (Å²) in [6.45, 7) is 0.436. The van der Waals surface area contributed by atoms with Crippen LogP contribution in [0.15, 0.2) is 55.4 Å². The van der Waals surface area contributed by atoms with E-state index in [1.165, 1.54) is 6.33 Å². The van der Waals surface area contributed by atoms with Crippen LogP contribution in [0.2, 0.25) is 10.0 Å². The molecule has 0 radical (unpaired) electrons. The second-order valence-electron chi connectivity index (χ2n) is 5.76. The Morgan fingerprint density at radius 3 is 2.46 bits per heavy atom. The Balaban J connectivity index is 1.75. The van der Waals surface area contributed by atoms with Crippen molar-refractivity contribution in [2.75, 3.05) is 0 Å². The number of rotatable bonds is 4. The third kappa shape index (κ3) is 3.03. The van der Waals surface area contributed by atoms with E-state index >= 15 is 0 Å². The predicted molar refractivity (Wildman–Crippen MR) is 100 cm³/mol. The van der Waals surface area contributed by atoms with Gasteiger partial charge in [0.05, 0.1) is 24.6 Å². The molecule has 2 aliphatic rings. The molecule has 0 amide bonds. The molecule has 0 aliphatic carbocycles. The number of pyridine rings is 1. The molecule has 1 atom stereocenters. The third-order valence-electron chi connectivity index (χ3n) is 4.18. The summed E-state index contributed by atoms with van der Waals surface area (Å²) in [5, 5.41) is 1.19. The molecule has 8 heteroatoms. The van der Waals surface area contributed by atoms with Gasteiger partial charge in [0.25, 0.3) is 0 Å². The maximum absolute atomic E-state index is 6.38. The van der Waals surface area contributed by atoms with Crippen LogP contribution in [-0.4, -0.2) is 24.5 Å². The van der Waals surface area contributed by atoms with Crippen molar-refractivity contribution in [2.45, 2.75) is 12.6 Å². The van der Waals surface area contributed by atoms with E-state index in [4.69, 9.17) is 28.9 Å². The maximum atomic E-state index is 6.38. The molecule has 4 rings (SSSR count). The van der Waals surface area contributed by atoms with Gasteiger partial charge in [0.15, 0.2) is 5.82 Å². The zero-order chi connectivity index (χ0) is 18.1. The molecule has 2 aromatic rings. The van der Waals surface area contributed by atoms with Crippen LogP contribution in [0.5, 0.6) is 0 Å². The topological polar surface area (TPSA) is 82.5 Å². The van der Waals surface area contributed by atoms with E-state index in [-0.39, 0.29) is 0 Å². The second kappa shape index (κ2) is 6.99. The van der Waals surface area contributed by atoms with E-state index < -0.39 is 6.04 Å². The lowest BCUT2D eigenvalue weighted by atomic mass is 10.0. The highest BCUT2D eigenvalue weighted by molar-refractivity contribution is 6.35. The van der Waals surface area contributed by atoms with Crippen LogP contribution in [-0.2, 0) is 6.54 Å². The largest absolute Gasteiger partial charge is 0.319 e. The van der Waals surface area contributed by atoms with Crippen molar-refractivity contribution in [1.29, 1.82) is 0 Å². The molecular weight excluding hydrogens is 371 g/mol. The van der Waals surface area contributed by atoms with Crippen molar-refractivity contribution in [3.63, 3.8) is 0 Å². The summed E-state index contributed by atoms with van der Waals surface area (Å²) < 4.78 is 1.86. The van der Waals surface area contributed by atoms with E-state index in [0.29, 0.717) is 33.8 Å². The minimum Gasteiger partial charge on any atom is -0.319 e. The van der Waals surface area contributed by atoms with Gasteiger partial charge in [-0.3, -0.25) is 4.98 Å². The molecule has 0 saturated carbocycles. The van der Waals surface area contributed by atoms with Gasteiger partial charge in [-0.2, -0.15) is 0 Å². The lowest BCUT2D eigenvalue weighted by Gasteiger charge is -2.18. The summed E-state index contributed by atoms with van der Waals surface area (Å²) in [4.78, 5) is 17.3. The van der Waals surface area contributed by atoms with Gasteiger partial charge in [-0.25, -0.2) is 15.0 Å². The number of fused-ring (bicyclic) bond motifs is 1. The van der Waals surface area contributed by atoms with E-state index in [0.717, 1.165) is 11.1 Å². The minimum atomic E-state index is -0.421. The Hall–Kier alpha value is -2.54. The highest BCUT2D eigenvalue weighted by Gasteiger charge is 2.23. The average Bonchev–Trinajstić information content (AvgIpc) is 3.15. The molecule has 2 aliphatic heterocycles. The Bertz CT molecular complexity index is 997. The van der Waals surface area contributed by atoms with Gasteiger partial charge in [-0.05, 0) is 29.8 Å². The first-order valence-corrected chi connectivity index (χ1v) is 8.65. The van der Waals surface area contributed by atoms with Crippen LogP contribution in [0.25, 0.3) is 11.5 Å². The number of aromatic nitrogens is 5. The van der Waals surface area contributed by atoms with E-state index in [9.17, 15) is 0 Å². The summed E-state index contributed by atoms with van der Waals surface area (Å²) in [5.41, 5.74) is 9.40. The third-order valence-corrected chi connectivity index (χ3v) is 4.89. The van der Waals surface area contributed by atoms with Crippen molar-refractivity contribution in [2.24, 2.45) is 5.73 Å². The monoisotopic (exact) mass is 384 g/mol. The standard InChI is InChI=1S/C18H14Cl2N6/c19-13-2-1-3-14(20)12(13)8-26-10-25-16(17-18(26)24-9-23-17)15(21)11-4-6-22-7-5-11/h1-7,9-10,15H,8,21H2. The number of nitrogens with zero attached hydrogens (tertiary/aromatic N) is 5. The quantitative estimate of drug-likeness (QED) is 0.581. The molecule has 1 aromatic carbocycles. The molecule has 0 spiro atoms. The van der Waals surface area contributed by atoms with Crippen LogP contribution in [0.1, 0.15) is 22.9 Å². The van der Waals surface area contributed by atoms with Crippen molar-refractivity contribution < 1.29 is 0 Å². The number of benzene rings is 1. The molecule has 2 N–H and O–H groups in total. The molecule has 6 nitrogen and oxygen atoms in total. The number of nitrogens with two attached hydrogens (primary N) is 1. The van der Waals surface area contributed by atoms with Crippen LogP contribution >= 0.6 is 23.2 Å². The predicted octanol–water partition coefficient (Wildman–Crippen LogP) is 3.58. The summed E-state index contributed by atoms with van der Waals surface area (Å²) in [6.07, 6.45) is 6.59. The SMILES string of the molecule is NC(c1ccncc1)c1ncn(Cc2c(Cl)cccc2Cl)c2ncnc1-2. The first kappa shape index (κ1) is 16.9. The number of imidazole rings is 1. The lowest BCUT2D eigenvalue weighted by Crippen LogP contribution is -2.18. The average molecular weight is 385 g/mol. The fourth-order valence-electron chi connectivity index (χ4n) is 2.82. The molecular formula is C18H14Cl2N6.